The molecule has 0 aromatic rings. The fraction of sp³-hybridized carbons (Fsp3) is 0.714. The van der Waals surface area contributed by atoms with Crippen LogP contribution in [0.5, 0.6) is 0 Å². The summed E-state index contributed by atoms with van der Waals surface area (Å²) in [6.45, 7) is 5.53. The first kappa shape index (κ1) is 28.7. The number of likely N-dealkylation sites (tertiary alicyclic amines) is 1. The molecular formula is C21H37N7O6. The zero-order chi connectivity index (χ0) is 26.0. The third-order valence-corrected chi connectivity index (χ3v) is 5.34. The number of hydrogen-bond acceptors (Lipinski definition) is 6. The maximum absolute atomic E-state index is 13.5. The SMILES string of the molecule is CC(=O)N[C@@H](CCCN=C(N)N)C(=O)N1CCC[C@H]1C(=O)N(CC(C)C)[C@@H](CC(N)=O)C(=O)O. The predicted molar refractivity (Wildman–Crippen MR) is 124 cm³/mol. The van der Waals surface area contributed by atoms with Crippen LogP contribution < -0.4 is 22.5 Å². The highest BCUT2D eigenvalue weighted by Gasteiger charge is 2.42. The summed E-state index contributed by atoms with van der Waals surface area (Å²) in [6.07, 6.45) is 1.00. The Morgan fingerprint density at radius 2 is 1.82 bits per heavy atom. The molecule has 8 N–H and O–H groups in total. The largest absolute Gasteiger partial charge is 0.480 e. The number of primary amides is 1. The van der Waals surface area contributed by atoms with E-state index in [1.807, 2.05) is 13.8 Å². The van der Waals surface area contributed by atoms with Crippen LogP contribution >= 0.6 is 0 Å². The predicted octanol–water partition coefficient (Wildman–Crippen LogP) is -1.65. The monoisotopic (exact) mass is 483 g/mol. The number of guanidine groups is 1. The number of carboxylic acid groups (broad SMARTS) is 1. The average molecular weight is 484 g/mol. The second-order valence-corrected chi connectivity index (χ2v) is 8.80. The zero-order valence-corrected chi connectivity index (χ0v) is 20.0. The van der Waals surface area contributed by atoms with Crippen molar-refractivity contribution < 1.29 is 29.1 Å². The number of nitrogens with one attached hydrogen (secondary N) is 1. The van der Waals surface area contributed by atoms with E-state index < -0.39 is 54.1 Å². The highest BCUT2D eigenvalue weighted by molar-refractivity contribution is 5.94. The minimum Gasteiger partial charge on any atom is -0.480 e. The van der Waals surface area contributed by atoms with E-state index in [-0.39, 0.29) is 37.9 Å². The smallest absolute Gasteiger partial charge is 0.326 e. The van der Waals surface area contributed by atoms with Crippen LogP contribution in [0, 0.1) is 5.92 Å². The number of nitrogens with zero attached hydrogens (tertiary/aromatic N) is 3. The standard InChI is InChI=1S/C21H37N7O6/c1-12(2)11-28(16(20(33)34)10-17(22)30)19(32)15-7-5-9-27(15)18(31)14(26-13(3)29)6-4-8-25-21(23)24/h12,14-16H,4-11H2,1-3H3,(H2,22,30)(H,26,29)(H,33,34)(H4,23,24,25)/t14-,15-,16-/m0/s1. The van der Waals surface area contributed by atoms with E-state index in [0.717, 1.165) is 4.90 Å². The first-order chi connectivity index (χ1) is 15.8. The Labute approximate surface area is 199 Å². The van der Waals surface area contributed by atoms with Crippen LogP contribution in [0.15, 0.2) is 4.99 Å². The number of aliphatic imine (C=N–C) groups is 1. The lowest BCUT2D eigenvalue weighted by atomic mass is 10.0. The molecule has 0 unspecified atom stereocenters. The molecule has 1 heterocycles. The first-order valence-electron chi connectivity index (χ1n) is 11.3. The van der Waals surface area contributed by atoms with Gasteiger partial charge in [-0.2, -0.15) is 0 Å². The number of amides is 4. The van der Waals surface area contributed by atoms with Crippen molar-refractivity contribution in [3.8, 4) is 0 Å². The molecule has 1 aliphatic heterocycles. The van der Waals surface area contributed by atoms with Crippen LogP contribution in [0.1, 0.15) is 52.9 Å². The van der Waals surface area contributed by atoms with Gasteiger partial charge >= 0.3 is 5.97 Å². The maximum atomic E-state index is 13.5. The molecular weight excluding hydrogens is 446 g/mol. The number of nitrogens with two attached hydrogens (primary N) is 3. The fourth-order valence-electron chi connectivity index (χ4n) is 3.97. The molecule has 3 atom stereocenters. The minimum atomic E-state index is -1.43. The lowest BCUT2D eigenvalue weighted by molar-refractivity contribution is -0.156. The number of aliphatic carboxylic acids is 1. The third kappa shape index (κ3) is 8.87. The first-order valence-corrected chi connectivity index (χ1v) is 11.3. The number of rotatable bonds is 13. The van der Waals surface area contributed by atoms with Gasteiger partial charge in [0.25, 0.3) is 0 Å². The molecule has 4 amide bonds. The van der Waals surface area contributed by atoms with Crippen molar-refractivity contribution in [2.45, 2.75) is 71.0 Å². The maximum Gasteiger partial charge on any atom is 0.326 e. The Morgan fingerprint density at radius 1 is 1.18 bits per heavy atom. The van der Waals surface area contributed by atoms with Gasteiger partial charge in [-0.25, -0.2) is 4.79 Å². The highest BCUT2D eigenvalue weighted by atomic mass is 16.4. The van der Waals surface area contributed by atoms with Gasteiger partial charge in [0.2, 0.25) is 23.6 Å². The normalized spacial score (nSPS) is 17.1. The molecule has 0 radical (unpaired) electrons. The molecule has 1 saturated heterocycles. The van der Waals surface area contributed by atoms with Gasteiger partial charge in [0.1, 0.15) is 18.1 Å². The number of carboxylic acids is 1. The Kier molecular flexibility index (Phi) is 11.3. The zero-order valence-electron chi connectivity index (χ0n) is 20.0. The lowest BCUT2D eigenvalue weighted by Gasteiger charge is -2.35. The van der Waals surface area contributed by atoms with Crippen molar-refractivity contribution in [1.82, 2.24) is 15.1 Å². The fourth-order valence-corrected chi connectivity index (χ4v) is 3.97. The van der Waals surface area contributed by atoms with E-state index in [1.54, 1.807) is 0 Å². The summed E-state index contributed by atoms with van der Waals surface area (Å²) in [5, 5.41) is 12.3. The van der Waals surface area contributed by atoms with Gasteiger partial charge in [-0.05, 0) is 31.6 Å². The Bertz CT molecular complexity index is 796. The van der Waals surface area contributed by atoms with Crippen LogP contribution in [0.25, 0.3) is 0 Å². The molecule has 0 spiro atoms. The third-order valence-electron chi connectivity index (χ3n) is 5.34. The molecule has 1 aliphatic rings. The van der Waals surface area contributed by atoms with Crippen LogP contribution in [-0.4, -0.2) is 88.2 Å². The minimum absolute atomic E-state index is 0.0786. The quantitative estimate of drug-likeness (QED) is 0.116. The average Bonchev–Trinajstić information content (AvgIpc) is 3.20. The van der Waals surface area contributed by atoms with E-state index in [0.29, 0.717) is 19.3 Å². The van der Waals surface area contributed by atoms with E-state index in [1.165, 1.54) is 11.8 Å². The highest BCUT2D eigenvalue weighted by Crippen LogP contribution is 2.24. The molecule has 0 saturated carbocycles. The van der Waals surface area contributed by atoms with Crippen LogP contribution in [0.3, 0.4) is 0 Å². The van der Waals surface area contributed by atoms with Gasteiger partial charge in [-0.15, -0.1) is 0 Å². The summed E-state index contributed by atoms with van der Waals surface area (Å²) in [5.74, 6) is -3.78. The summed E-state index contributed by atoms with van der Waals surface area (Å²) < 4.78 is 0. The van der Waals surface area contributed by atoms with E-state index in [2.05, 4.69) is 10.3 Å². The summed E-state index contributed by atoms with van der Waals surface area (Å²) in [5.41, 5.74) is 15.8. The van der Waals surface area contributed by atoms with Crippen LogP contribution in [-0.2, 0) is 24.0 Å². The Hall–Kier alpha value is -3.38. The second kappa shape index (κ2) is 13.4. The Balaban J connectivity index is 3.14. The molecule has 0 aliphatic carbocycles. The number of hydrogen-bond donors (Lipinski definition) is 5. The lowest BCUT2D eigenvalue weighted by Crippen LogP contribution is -2.57. The van der Waals surface area contributed by atoms with E-state index in [9.17, 15) is 29.1 Å². The summed E-state index contributed by atoms with van der Waals surface area (Å²) in [7, 11) is 0. The number of carbonyl (C=O) groups is 5. The van der Waals surface area contributed by atoms with Gasteiger partial charge in [0, 0.05) is 26.6 Å². The summed E-state index contributed by atoms with van der Waals surface area (Å²) in [6, 6.07) is -3.23. The van der Waals surface area contributed by atoms with Crippen LogP contribution in [0.2, 0.25) is 0 Å². The van der Waals surface area contributed by atoms with Gasteiger partial charge < -0.3 is 37.4 Å². The van der Waals surface area contributed by atoms with E-state index in [4.69, 9.17) is 17.2 Å². The van der Waals surface area contributed by atoms with Crippen molar-refractivity contribution in [2.75, 3.05) is 19.6 Å². The van der Waals surface area contributed by atoms with Crippen LogP contribution in [0.4, 0.5) is 0 Å². The Morgan fingerprint density at radius 3 is 2.32 bits per heavy atom. The van der Waals surface area contributed by atoms with Crippen molar-refractivity contribution in [2.24, 2.45) is 28.1 Å². The molecule has 13 nitrogen and oxygen atoms in total. The van der Waals surface area contributed by atoms with Gasteiger partial charge in [0.05, 0.1) is 6.42 Å². The topological polar surface area (TPSA) is 215 Å². The molecule has 1 rings (SSSR count). The molecule has 0 aromatic carbocycles. The molecule has 1 fully saturated rings. The van der Waals surface area contributed by atoms with Crippen molar-refractivity contribution in [3.05, 3.63) is 0 Å². The molecule has 192 valence electrons. The van der Waals surface area contributed by atoms with Gasteiger partial charge in [-0.3, -0.25) is 24.2 Å². The molecule has 0 aromatic heterocycles. The summed E-state index contributed by atoms with van der Waals surface area (Å²) in [4.78, 5) is 68.2. The summed E-state index contributed by atoms with van der Waals surface area (Å²) >= 11 is 0. The van der Waals surface area contributed by atoms with Gasteiger partial charge in [-0.1, -0.05) is 13.8 Å². The van der Waals surface area contributed by atoms with Crippen molar-refractivity contribution in [1.29, 1.82) is 0 Å². The molecule has 34 heavy (non-hydrogen) atoms. The van der Waals surface area contributed by atoms with Gasteiger partial charge in [0.15, 0.2) is 5.96 Å². The molecule has 13 heteroatoms. The second-order valence-electron chi connectivity index (χ2n) is 8.80. The van der Waals surface area contributed by atoms with Crippen molar-refractivity contribution >= 4 is 35.6 Å². The van der Waals surface area contributed by atoms with Crippen molar-refractivity contribution in [3.63, 3.8) is 0 Å². The number of carbonyl (C=O) groups excluding carboxylic acids is 4. The molecule has 0 bridgehead atoms. The van der Waals surface area contributed by atoms with E-state index >= 15 is 0 Å².